The maximum atomic E-state index is 12.0. The molecule has 1 N–H and O–H groups in total. The van der Waals surface area contributed by atoms with Gasteiger partial charge < -0.3 is 0 Å². The van der Waals surface area contributed by atoms with E-state index >= 15 is 0 Å². The number of nitrogens with one attached hydrogen (secondary N) is 1. The van der Waals surface area contributed by atoms with Crippen LogP contribution in [0.25, 0.3) is 0 Å². The standard InChI is InChI=1S/C11H10ClN5O/c1-6-5-8(7(2)17-16-6)10(18)15-11-13-4-3-9(12)14-11/h3-5H,1-2H3,(H,13,14,15,18). The molecule has 18 heavy (non-hydrogen) atoms. The van der Waals surface area contributed by atoms with Gasteiger partial charge in [0.25, 0.3) is 5.91 Å². The Hall–Kier alpha value is -2.08. The maximum absolute atomic E-state index is 12.0. The summed E-state index contributed by atoms with van der Waals surface area (Å²) in [6.07, 6.45) is 1.47. The fraction of sp³-hybridized carbons (Fsp3) is 0.182. The fourth-order valence-corrected chi connectivity index (χ4v) is 1.48. The lowest BCUT2D eigenvalue weighted by atomic mass is 10.2. The van der Waals surface area contributed by atoms with Crippen molar-refractivity contribution in [2.75, 3.05) is 5.32 Å². The molecule has 0 aliphatic heterocycles. The van der Waals surface area contributed by atoms with Crippen LogP contribution in [-0.2, 0) is 0 Å². The molecule has 7 heteroatoms. The summed E-state index contributed by atoms with van der Waals surface area (Å²) >= 11 is 5.71. The predicted octanol–water partition coefficient (Wildman–Crippen LogP) is 1.79. The predicted molar refractivity (Wildman–Crippen MR) is 66.5 cm³/mol. The molecule has 0 atom stereocenters. The number of hydrogen-bond donors (Lipinski definition) is 1. The lowest BCUT2D eigenvalue weighted by Crippen LogP contribution is -2.16. The molecule has 92 valence electrons. The van der Waals surface area contributed by atoms with Gasteiger partial charge in [-0.05, 0) is 26.0 Å². The molecule has 2 aromatic heterocycles. The molecule has 0 radical (unpaired) electrons. The molecule has 0 saturated heterocycles. The van der Waals surface area contributed by atoms with Gasteiger partial charge in [0.15, 0.2) is 0 Å². The number of carbonyl (C=O) groups is 1. The Labute approximate surface area is 108 Å². The highest BCUT2D eigenvalue weighted by Gasteiger charge is 2.12. The largest absolute Gasteiger partial charge is 0.290 e. The van der Waals surface area contributed by atoms with Crippen LogP contribution in [0.3, 0.4) is 0 Å². The van der Waals surface area contributed by atoms with E-state index in [2.05, 4.69) is 25.5 Å². The second-order valence-corrected chi connectivity index (χ2v) is 4.03. The first kappa shape index (κ1) is 12.4. The van der Waals surface area contributed by atoms with Crippen molar-refractivity contribution in [3.63, 3.8) is 0 Å². The highest BCUT2D eigenvalue weighted by Crippen LogP contribution is 2.10. The van der Waals surface area contributed by atoms with Crippen molar-refractivity contribution in [1.29, 1.82) is 0 Å². The van der Waals surface area contributed by atoms with Crippen molar-refractivity contribution < 1.29 is 4.79 Å². The van der Waals surface area contributed by atoms with Crippen LogP contribution in [0.15, 0.2) is 18.3 Å². The summed E-state index contributed by atoms with van der Waals surface area (Å²) in [4.78, 5) is 19.8. The summed E-state index contributed by atoms with van der Waals surface area (Å²) in [5, 5.41) is 10.6. The first-order valence-electron chi connectivity index (χ1n) is 5.17. The van der Waals surface area contributed by atoms with Gasteiger partial charge in [-0.25, -0.2) is 9.97 Å². The maximum Gasteiger partial charge on any atom is 0.259 e. The first-order chi connectivity index (χ1) is 8.56. The third-order valence-electron chi connectivity index (χ3n) is 2.19. The lowest BCUT2D eigenvalue weighted by Gasteiger charge is -2.05. The molecule has 1 amide bonds. The second kappa shape index (κ2) is 5.05. The SMILES string of the molecule is Cc1cc(C(=O)Nc2nccc(Cl)n2)c(C)nn1. The number of aryl methyl sites for hydroxylation is 2. The summed E-state index contributed by atoms with van der Waals surface area (Å²) in [5.41, 5.74) is 1.64. The van der Waals surface area contributed by atoms with E-state index < -0.39 is 0 Å². The van der Waals surface area contributed by atoms with Crippen molar-refractivity contribution in [2.24, 2.45) is 0 Å². The van der Waals surface area contributed by atoms with Gasteiger partial charge >= 0.3 is 0 Å². The average Bonchev–Trinajstić information content (AvgIpc) is 2.32. The topological polar surface area (TPSA) is 80.7 Å². The number of hydrogen-bond acceptors (Lipinski definition) is 5. The smallest absolute Gasteiger partial charge is 0.259 e. The van der Waals surface area contributed by atoms with Crippen LogP contribution in [-0.4, -0.2) is 26.1 Å². The van der Waals surface area contributed by atoms with Crippen LogP contribution in [0.4, 0.5) is 5.95 Å². The Morgan fingerprint density at radius 3 is 2.83 bits per heavy atom. The minimum Gasteiger partial charge on any atom is -0.290 e. The molecular weight excluding hydrogens is 254 g/mol. The molecule has 0 bridgehead atoms. The summed E-state index contributed by atoms with van der Waals surface area (Å²) < 4.78 is 0. The first-order valence-corrected chi connectivity index (χ1v) is 5.55. The minimum atomic E-state index is -0.340. The second-order valence-electron chi connectivity index (χ2n) is 3.64. The van der Waals surface area contributed by atoms with Crippen molar-refractivity contribution in [2.45, 2.75) is 13.8 Å². The van der Waals surface area contributed by atoms with Gasteiger partial charge in [-0.15, -0.1) is 0 Å². The average molecular weight is 264 g/mol. The van der Waals surface area contributed by atoms with Gasteiger partial charge in [0.2, 0.25) is 5.95 Å². The normalized spacial score (nSPS) is 10.2. The quantitative estimate of drug-likeness (QED) is 0.836. The van der Waals surface area contributed by atoms with Crippen LogP contribution in [0.1, 0.15) is 21.7 Å². The number of carbonyl (C=O) groups excluding carboxylic acids is 1. The van der Waals surface area contributed by atoms with Crippen LogP contribution in [0.2, 0.25) is 5.15 Å². The molecule has 2 aromatic rings. The van der Waals surface area contributed by atoms with E-state index in [1.54, 1.807) is 19.9 Å². The van der Waals surface area contributed by atoms with Gasteiger partial charge in [-0.3, -0.25) is 10.1 Å². The summed E-state index contributed by atoms with van der Waals surface area (Å²) in [6.45, 7) is 3.47. The van der Waals surface area contributed by atoms with Gasteiger partial charge in [0, 0.05) is 6.20 Å². The number of halogens is 1. The molecule has 0 unspecified atom stereocenters. The zero-order chi connectivity index (χ0) is 13.1. The number of nitrogens with zero attached hydrogens (tertiary/aromatic N) is 4. The molecule has 0 aromatic carbocycles. The van der Waals surface area contributed by atoms with Gasteiger partial charge in [0.1, 0.15) is 5.15 Å². The van der Waals surface area contributed by atoms with Crippen molar-refractivity contribution in [3.05, 3.63) is 40.4 Å². The van der Waals surface area contributed by atoms with Crippen molar-refractivity contribution in [3.8, 4) is 0 Å². The van der Waals surface area contributed by atoms with Crippen LogP contribution < -0.4 is 5.32 Å². The van der Waals surface area contributed by atoms with Gasteiger partial charge in [-0.1, -0.05) is 11.6 Å². The van der Waals surface area contributed by atoms with Crippen molar-refractivity contribution in [1.82, 2.24) is 20.2 Å². The van der Waals surface area contributed by atoms with Crippen molar-refractivity contribution >= 4 is 23.5 Å². The Balaban J connectivity index is 2.24. The van der Waals surface area contributed by atoms with Gasteiger partial charge in [-0.2, -0.15) is 10.2 Å². The third-order valence-corrected chi connectivity index (χ3v) is 2.40. The molecule has 2 rings (SSSR count). The monoisotopic (exact) mass is 263 g/mol. The lowest BCUT2D eigenvalue weighted by molar-refractivity contribution is 0.102. The fourth-order valence-electron chi connectivity index (χ4n) is 1.35. The molecular formula is C11H10ClN5O. The molecule has 0 fully saturated rings. The molecule has 0 saturated carbocycles. The van der Waals surface area contributed by atoms with E-state index in [1.165, 1.54) is 12.3 Å². The van der Waals surface area contributed by atoms with E-state index in [-0.39, 0.29) is 17.0 Å². The van der Waals surface area contributed by atoms with E-state index in [4.69, 9.17) is 11.6 Å². The van der Waals surface area contributed by atoms with Crippen LogP contribution in [0.5, 0.6) is 0 Å². The minimum absolute atomic E-state index is 0.154. The zero-order valence-corrected chi connectivity index (χ0v) is 10.6. The molecule has 6 nitrogen and oxygen atoms in total. The molecule has 2 heterocycles. The van der Waals surface area contributed by atoms with Gasteiger partial charge in [0.05, 0.1) is 17.0 Å². The molecule has 0 aliphatic rings. The summed E-state index contributed by atoms with van der Waals surface area (Å²) in [5.74, 6) is -0.186. The van der Waals surface area contributed by atoms with E-state index in [9.17, 15) is 4.79 Å². The zero-order valence-electron chi connectivity index (χ0n) is 9.81. The highest BCUT2D eigenvalue weighted by molar-refractivity contribution is 6.29. The number of anilines is 1. The summed E-state index contributed by atoms with van der Waals surface area (Å²) in [6, 6.07) is 3.18. The Morgan fingerprint density at radius 1 is 1.33 bits per heavy atom. The van der Waals surface area contributed by atoms with E-state index in [1.807, 2.05) is 0 Å². The third kappa shape index (κ3) is 2.78. The highest BCUT2D eigenvalue weighted by atomic mass is 35.5. The van der Waals surface area contributed by atoms with Crippen LogP contribution >= 0.6 is 11.6 Å². The number of aromatic nitrogens is 4. The Bertz CT molecular complexity index is 602. The van der Waals surface area contributed by atoms with E-state index in [0.29, 0.717) is 17.0 Å². The molecule has 0 spiro atoms. The Kier molecular flexibility index (Phi) is 3.47. The molecule has 0 aliphatic carbocycles. The van der Waals surface area contributed by atoms with E-state index in [0.717, 1.165) is 0 Å². The Morgan fingerprint density at radius 2 is 2.11 bits per heavy atom. The summed E-state index contributed by atoms with van der Waals surface area (Å²) in [7, 11) is 0. The number of rotatable bonds is 2. The van der Waals surface area contributed by atoms with Crippen LogP contribution in [0, 0.1) is 13.8 Å². The number of amides is 1.